The standard InChI is InChI=1S/C14H25NSi2/c1-16(2,3)15(17(4,5)6)13-12-14-10-8-7-9-11-14/h7-13H,1-6H3. The summed E-state index contributed by atoms with van der Waals surface area (Å²) in [6.45, 7) is 14.5. The first-order valence-corrected chi connectivity index (χ1v) is 13.1. The molecule has 0 bridgehead atoms. The maximum absolute atomic E-state index is 2.67. The van der Waals surface area contributed by atoms with Crippen molar-refractivity contribution in [3.63, 3.8) is 0 Å². The SMILES string of the molecule is C[Si](C)(C)N(C=Cc1ccccc1)[Si](C)(C)C. The van der Waals surface area contributed by atoms with Crippen molar-refractivity contribution in [1.29, 1.82) is 0 Å². The van der Waals surface area contributed by atoms with Crippen LogP contribution in [0.2, 0.25) is 39.3 Å². The molecule has 0 aliphatic carbocycles. The quantitative estimate of drug-likeness (QED) is 0.716. The van der Waals surface area contributed by atoms with Gasteiger partial charge in [-0.1, -0.05) is 69.6 Å². The summed E-state index contributed by atoms with van der Waals surface area (Å²) in [5, 5.41) is 0. The lowest BCUT2D eigenvalue weighted by atomic mass is 10.2. The summed E-state index contributed by atoms with van der Waals surface area (Å²) >= 11 is 0. The molecule has 0 radical (unpaired) electrons. The molecular weight excluding hydrogens is 238 g/mol. The van der Waals surface area contributed by atoms with E-state index in [1.165, 1.54) is 5.56 Å². The molecule has 0 saturated heterocycles. The first kappa shape index (κ1) is 14.3. The van der Waals surface area contributed by atoms with Gasteiger partial charge in [0.05, 0.1) is 0 Å². The molecule has 0 fully saturated rings. The third-order valence-electron chi connectivity index (χ3n) is 2.66. The molecule has 0 N–H and O–H groups in total. The van der Waals surface area contributed by atoms with Gasteiger partial charge in [-0.15, -0.1) is 0 Å². The fourth-order valence-electron chi connectivity index (χ4n) is 2.18. The van der Waals surface area contributed by atoms with Crippen LogP contribution in [0.5, 0.6) is 0 Å². The van der Waals surface area contributed by atoms with Crippen molar-refractivity contribution >= 4 is 22.5 Å². The van der Waals surface area contributed by atoms with Crippen LogP contribution in [0.25, 0.3) is 6.08 Å². The Morgan fingerprint density at radius 1 is 0.824 bits per heavy atom. The molecule has 0 spiro atoms. The summed E-state index contributed by atoms with van der Waals surface area (Å²) in [7, 11) is -2.54. The van der Waals surface area contributed by atoms with Gasteiger partial charge in [0.25, 0.3) is 0 Å². The highest BCUT2D eigenvalue weighted by atomic mass is 28.4. The van der Waals surface area contributed by atoms with E-state index in [9.17, 15) is 0 Å². The molecule has 0 aliphatic heterocycles. The van der Waals surface area contributed by atoms with Crippen LogP contribution < -0.4 is 0 Å². The van der Waals surface area contributed by atoms with Crippen molar-refractivity contribution in [2.24, 2.45) is 0 Å². The summed E-state index contributed by atoms with van der Waals surface area (Å²) in [6.07, 6.45) is 4.57. The van der Waals surface area contributed by atoms with Gasteiger partial charge >= 0.3 is 0 Å². The highest BCUT2D eigenvalue weighted by Gasteiger charge is 2.31. The average Bonchev–Trinajstić information content (AvgIpc) is 2.15. The van der Waals surface area contributed by atoms with Crippen LogP contribution in [0.4, 0.5) is 0 Å². The molecule has 94 valence electrons. The number of rotatable bonds is 4. The van der Waals surface area contributed by atoms with Gasteiger partial charge in [-0.3, -0.25) is 0 Å². The number of nitrogens with zero attached hydrogens (tertiary/aromatic N) is 1. The largest absolute Gasteiger partial charge is 0.431 e. The van der Waals surface area contributed by atoms with Crippen LogP contribution in [0, 0.1) is 0 Å². The molecule has 0 aromatic heterocycles. The number of hydrogen-bond donors (Lipinski definition) is 0. The van der Waals surface area contributed by atoms with Gasteiger partial charge < -0.3 is 4.23 Å². The third-order valence-corrected chi connectivity index (χ3v) is 9.87. The summed E-state index contributed by atoms with van der Waals surface area (Å²) in [5.74, 6) is 0. The van der Waals surface area contributed by atoms with Gasteiger partial charge in [0.1, 0.15) is 16.5 Å². The molecule has 0 saturated carbocycles. The van der Waals surface area contributed by atoms with E-state index in [-0.39, 0.29) is 0 Å². The van der Waals surface area contributed by atoms with Crippen LogP contribution in [0.1, 0.15) is 5.56 Å². The molecule has 0 atom stereocenters. The summed E-state index contributed by atoms with van der Waals surface area (Å²) in [5.41, 5.74) is 1.29. The topological polar surface area (TPSA) is 3.24 Å². The number of hydrogen-bond acceptors (Lipinski definition) is 1. The lowest BCUT2D eigenvalue weighted by molar-refractivity contribution is 0.837. The lowest BCUT2D eigenvalue weighted by Crippen LogP contribution is -2.55. The molecule has 1 nitrogen and oxygen atoms in total. The lowest BCUT2D eigenvalue weighted by Gasteiger charge is -2.43. The summed E-state index contributed by atoms with van der Waals surface area (Å²) in [6, 6.07) is 10.6. The molecule has 1 aromatic carbocycles. The Morgan fingerprint density at radius 3 is 1.71 bits per heavy atom. The molecule has 1 rings (SSSR count). The zero-order valence-electron chi connectivity index (χ0n) is 12.0. The van der Waals surface area contributed by atoms with Crippen LogP contribution in [0.3, 0.4) is 0 Å². The monoisotopic (exact) mass is 263 g/mol. The first-order valence-electron chi connectivity index (χ1n) is 6.24. The van der Waals surface area contributed by atoms with E-state index >= 15 is 0 Å². The molecule has 0 unspecified atom stereocenters. The van der Waals surface area contributed by atoms with E-state index in [1.54, 1.807) is 0 Å². The van der Waals surface area contributed by atoms with E-state index < -0.39 is 16.5 Å². The minimum absolute atomic E-state index is 1.27. The van der Waals surface area contributed by atoms with Crippen molar-refractivity contribution in [3.8, 4) is 0 Å². The van der Waals surface area contributed by atoms with E-state index in [4.69, 9.17) is 0 Å². The van der Waals surface area contributed by atoms with Gasteiger partial charge in [-0.25, -0.2) is 0 Å². The second-order valence-electron chi connectivity index (χ2n) is 6.44. The highest BCUT2D eigenvalue weighted by molar-refractivity contribution is 6.89. The fraction of sp³-hybridized carbons (Fsp3) is 0.429. The second kappa shape index (κ2) is 5.23. The van der Waals surface area contributed by atoms with Crippen LogP contribution in [-0.2, 0) is 0 Å². The Balaban J connectivity index is 2.92. The zero-order chi connectivity index (χ0) is 13.1. The maximum atomic E-state index is 2.67. The molecule has 0 heterocycles. The minimum Gasteiger partial charge on any atom is -0.431 e. The maximum Gasteiger partial charge on any atom is 0.138 e. The van der Waals surface area contributed by atoms with Crippen LogP contribution >= 0.6 is 0 Å². The van der Waals surface area contributed by atoms with Crippen LogP contribution in [0.15, 0.2) is 36.5 Å². The minimum atomic E-state index is -1.27. The van der Waals surface area contributed by atoms with E-state index in [1.807, 2.05) is 0 Å². The molecule has 3 heteroatoms. The first-order chi connectivity index (χ1) is 7.71. The Kier molecular flexibility index (Phi) is 4.39. The van der Waals surface area contributed by atoms with E-state index in [2.05, 4.69) is 86.1 Å². The van der Waals surface area contributed by atoms with Gasteiger partial charge in [0, 0.05) is 0 Å². The number of benzene rings is 1. The summed E-state index contributed by atoms with van der Waals surface area (Å²) in [4.78, 5) is 0. The molecular formula is C14H25NSi2. The Labute approximate surface area is 108 Å². The van der Waals surface area contributed by atoms with Gasteiger partial charge in [0.2, 0.25) is 0 Å². The predicted molar refractivity (Wildman–Crippen MR) is 84.0 cm³/mol. The molecule has 0 amide bonds. The smallest absolute Gasteiger partial charge is 0.138 e. The fourth-order valence-corrected chi connectivity index (χ4v) is 11.3. The van der Waals surface area contributed by atoms with Gasteiger partial charge in [-0.05, 0) is 17.8 Å². The normalized spacial score (nSPS) is 13.1. The molecule has 17 heavy (non-hydrogen) atoms. The average molecular weight is 264 g/mol. The highest BCUT2D eigenvalue weighted by Crippen LogP contribution is 2.20. The van der Waals surface area contributed by atoms with Crippen molar-refractivity contribution in [2.75, 3.05) is 0 Å². The van der Waals surface area contributed by atoms with E-state index in [0.717, 1.165) is 0 Å². The third kappa shape index (κ3) is 4.52. The zero-order valence-corrected chi connectivity index (χ0v) is 14.0. The molecule has 1 aromatic rings. The summed E-state index contributed by atoms with van der Waals surface area (Å²) < 4.78 is 2.67. The van der Waals surface area contributed by atoms with Crippen molar-refractivity contribution < 1.29 is 0 Å². The van der Waals surface area contributed by atoms with Gasteiger partial charge in [-0.2, -0.15) is 0 Å². The predicted octanol–water partition coefficient (Wildman–Crippen LogP) is 4.63. The van der Waals surface area contributed by atoms with Crippen molar-refractivity contribution in [1.82, 2.24) is 4.23 Å². The Hall–Kier alpha value is -0.806. The van der Waals surface area contributed by atoms with Crippen LogP contribution in [-0.4, -0.2) is 20.7 Å². The Bertz CT molecular complexity index is 357. The molecule has 0 aliphatic rings. The van der Waals surface area contributed by atoms with Gasteiger partial charge in [0.15, 0.2) is 0 Å². The van der Waals surface area contributed by atoms with Crippen molar-refractivity contribution in [3.05, 3.63) is 42.1 Å². The Morgan fingerprint density at radius 2 is 1.29 bits per heavy atom. The second-order valence-corrected chi connectivity index (χ2v) is 16.5. The van der Waals surface area contributed by atoms with Crippen molar-refractivity contribution in [2.45, 2.75) is 39.3 Å². The van der Waals surface area contributed by atoms with E-state index in [0.29, 0.717) is 0 Å².